The average molecular weight is 269 g/mol. The summed E-state index contributed by atoms with van der Waals surface area (Å²) in [4.78, 5) is 11.6. The maximum atomic E-state index is 11.6. The van der Waals surface area contributed by atoms with E-state index in [0.29, 0.717) is 12.3 Å². The molecule has 0 aliphatic carbocycles. The maximum absolute atomic E-state index is 11.6. The number of carbonyl (C=O) groups is 1. The van der Waals surface area contributed by atoms with Crippen LogP contribution in [0.3, 0.4) is 0 Å². The Morgan fingerprint density at radius 1 is 1.05 bits per heavy atom. The van der Waals surface area contributed by atoms with Gasteiger partial charge in [-0.3, -0.25) is 0 Å². The molecule has 0 spiro atoms. The minimum Gasteiger partial charge on any atom is -0.410 e. The topological polar surface area (TPSA) is 38.3 Å². The van der Waals surface area contributed by atoms with E-state index >= 15 is 0 Å². The molecule has 104 valence electrons. The van der Waals surface area contributed by atoms with Gasteiger partial charge in [-0.2, -0.15) is 0 Å². The van der Waals surface area contributed by atoms with Gasteiger partial charge in [0, 0.05) is 6.54 Å². The van der Waals surface area contributed by atoms with Crippen molar-refractivity contribution in [2.75, 3.05) is 6.54 Å². The lowest BCUT2D eigenvalue weighted by Gasteiger charge is -2.07. The van der Waals surface area contributed by atoms with Gasteiger partial charge in [0.2, 0.25) is 0 Å². The van der Waals surface area contributed by atoms with Gasteiger partial charge in [0.05, 0.1) is 0 Å². The zero-order chi connectivity index (χ0) is 14.2. The second-order valence-corrected chi connectivity index (χ2v) is 4.72. The first-order valence-electron chi connectivity index (χ1n) is 6.80. The summed E-state index contributed by atoms with van der Waals surface area (Å²) in [5, 5.41) is 2.75. The second-order valence-electron chi connectivity index (χ2n) is 4.72. The van der Waals surface area contributed by atoms with Crippen LogP contribution < -0.4 is 10.1 Å². The van der Waals surface area contributed by atoms with Crippen LogP contribution >= 0.6 is 0 Å². The molecule has 0 aliphatic heterocycles. The predicted octanol–water partition coefficient (Wildman–Crippen LogP) is 3.72. The van der Waals surface area contributed by atoms with Crippen LogP contribution in [0.5, 0.6) is 5.75 Å². The largest absolute Gasteiger partial charge is 0.412 e. The normalized spacial score (nSPS) is 10.1. The highest BCUT2D eigenvalue weighted by Crippen LogP contribution is 2.11. The van der Waals surface area contributed by atoms with Gasteiger partial charge < -0.3 is 10.1 Å². The van der Waals surface area contributed by atoms with Crippen molar-refractivity contribution in [1.29, 1.82) is 0 Å². The van der Waals surface area contributed by atoms with Crippen molar-refractivity contribution in [3.63, 3.8) is 0 Å². The minimum atomic E-state index is -0.401. The first-order chi connectivity index (χ1) is 9.74. The standard InChI is InChI=1S/C17H19NO2/c1-14-9-11-16(12-10-14)20-17(19)18-13-5-8-15-6-3-2-4-7-15/h2-4,6-7,9-12H,5,8,13H2,1H3,(H,18,19). The molecule has 2 rings (SSSR count). The summed E-state index contributed by atoms with van der Waals surface area (Å²) >= 11 is 0. The number of aryl methyl sites for hydroxylation is 2. The van der Waals surface area contributed by atoms with Crippen molar-refractivity contribution in [1.82, 2.24) is 5.32 Å². The number of hydrogen-bond acceptors (Lipinski definition) is 2. The molecule has 0 aromatic heterocycles. The Labute approximate surface area is 119 Å². The Morgan fingerprint density at radius 3 is 2.45 bits per heavy atom. The molecule has 2 aromatic carbocycles. The summed E-state index contributed by atoms with van der Waals surface area (Å²) in [6, 6.07) is 17.6. The third-order valence-corrected chi connectivity index (χ3v) is 2.99. The van der Waals surface area contributed by atoms with E-state index < -0.39 is 6.09 Å². The zero-order valence-corrected chi connectivity index (χ0v) is 11.6. The van der Waals surface area contributed by atoms with Gasteiger partial charge in [-0.1, -0.05) is 48.0 Å². The van der Waals surface area contributed by atoms with Gasteiger partial charge in [0.1, 0.15) is 5.75 Å². The summed E-state index contributed by atoms with van der Waals surface area (Å²) in [6.07, 6.45) is 1.44. The lowest BCUT2D eigenvalue weighted by Crippen LogP contribution is -2.27. The van der Waals surface area contributed by atoms with Crippen molar-refractivity contribution in [3.05, 3.63) is 65.7 Å². The van der Waals surface area contributed by atoms with Crippen molar-refractivity contribution >= 4 is 6.09 Å². The van der Waals surface area contributed by atoms with E-state index in [0.717, 1.165) is 18.4 Å². The highest BCUT2D eigenvalue weighted by atomic mass is 16.5. The van der Waals surface area contributed by atoms with Gasteiger partial charge in [-0.05, 0) is 37.5 Å². The Morgan fingerprint density at radius 2 is 1.75 bits per heavy atom. The number of hydrogen-bond donors (Lipinski definition) is 1. The predicted molar refractivity (Wildman–Crippen MR) is 80.0 cm³/mol. The zero-order valence-electron chi connectivity index (χ0n) is 11.6. The molecule has 2 aromatic rings. The molecule has 0 heterocycles. The lowest BCUT2D eigenvalue weighted by atomic mass is 10.1. The molecular weight excluding hydrogens is 250 g/mol. The van der Waals surface area contributed by atoms with Crippen molar-refractivity contribution in [3.8, 4) is 5.75 Å². The number of nitrogens with one attached hydrogen (secondary N) is 1. The average Bonchev–Trinajstić information content (AvgIpc) is 2.47. The fourth-order valence-electron chi connectivity index (χ4n) is 1.88. The number of carbonyl (C=O) groups excluding carboxylic acids is 1. The van der Waals surface area contributed by atoms with E-state index in [4.69, 9.17) is 4.74 Å². The molecule has 3 nitrogen and oxygen atoms in total. The van der Waals surface area contributed by atoms with Gasteiger partial charge in [-0.25, -0.2) is 4.79 Å². The number of rotatable bonds is 5. The maximum Gasteiger partial charge on any atom is 0.412 e. The summed E-state index contributed by atoms with van der Waals surface area (Å²) in [5.74, 6) is 0.566. The van der Waals surface area contributed by atoms with Crippen LogP contribution in [0.25, 0.3) is 0 Å². The quantitative estimate of drug-likeness (QED) is 0.840. The SMILES string of the molecule is Cc1ccc(OC(=O)NCCCc2ccccc2)cc1. The molecule has 0 fully saturated rings. The molecule has 3 heteroatoms. The van der Waals surface area contributed by atoms with Crippen LogP contribution in [0.15, 0.2) is 54.6 Å². The number of amides is 1. The van der Waals surface area contributed by atoms with E-state index in [1.807, 2.05) is 37.3 Å². The fourth-order valence-corrected chi connectivity index (χ4v) is 1.88. The minimum absolute atomic E-state index is 0.401. The summed E-state index contributed by atoms with van der Waals surface area (Å²) in [6.45, 7) is 2.60. The van der Waals surface area contributed by atoms with Crippen LogP contribution in [0.2, 0.25) is 0 Å². The van der Waals surface area contributed by atoms with Crippen LogP contribution in [0.1, 0.15) is 17.5 Å². The first kappa shape index (κ1) is 14.1. The molecule has 0 atom stereocenters. The number of ether oxygens (including phenoxy) is 1. The van der Waals surface area contributed by atoms with Crippen LogP contribution in [0.4, 0.5) is 4.79 Å². The highest BCUT2D eigenvalue weighted by Gasteiger charge is 2.03. The van der Waals surface area contributed by atoms with Crippen LogP contribution in [-0.4, -0.2) is 12.6 Å². The molecule has 0 radical (unpaired) electrons. The Hall–Kier alpha value is -2.29. The lowest BCUT2D eigenvalue weighted by molar-refractivity contribution is 0.200. The fraction of sp³-hybridized carbons (Fsp3) is 0.235. The molecule has 0 bridgehead atoms. The summed E-state index contributed by atoms with van der Waals surface area (Å²) in [7, 11) is 0. The van der Waals surface area contributed by atoms with E-state index in [9.17, 15) is 4.79 Å². The Kier molecular flexibility index (Phi) is 5.18. The molecule has 1 amide bonds. The molecule has 20 heavy (non-hydrogen) atoms. The molecule has 0 saturated carbocycles. The first-order valence-corrected chi connectivity index (χ1v) is 6.80. The third kappa shape index (κ3) is 4.76. The van der Waals surface area contributed by atoms with Gasteiger partial charge in [0.25, 0.3) is 0 Å². The van der Waals surface area contributed by atoms with Gasteiger partial charge in [0.15, 0.2) is 0 Å². The molecule has 0 aliphatic rings. The van der Waals surface area contributed by atoms with Crippen LogP contribution in [-0.2, 0) is 6.42 Å². The van der Waals surface area contributed by atoms with E-state index in [1.54, 1.807) is 12.1 Å². The van der Waals surface area contributed by atoms with E-state index in [-0.39, 0.29) is 0 Å². The summed E-state index contributed by atoms with van der Waals surface area (Å²) < 4.78 is 5.17. The van der Waals surface area contributed by atoms with Crippen molar-refractivity contribution < 1.29 is 9.53 Å². The molecular formula is C17H19NO2. The monoisotopic (exact) mass is 269 g/mol. The Balaban J connectivity index is 1.66. The number of benzene rings is 2. The van der Waals surface area contributed by atoms with Crippen molar-refractivity contribution in [2.24, 2.45) is 0 Å². The Bertz CT molecular complexity index is 535. The van der Waals surface area contributed by atoms with Crippen LogP contribution in [0, 0.1) is 6.92 Å². The molecule has 1 N–H and O–H groups in total. The van der Waals surface area contributed by atoms with E-state index in [1.165, 1.54) is 5.56 Å². The molecule has 0 unspecified atom stereocenters. The highest BCUT2D eigenvalue weighted by molar-refractivity contribution is 5.70. The third-order valence-electron chi connectivity index (χ3n) is 2.99. The molecule has 0 saturated heterocycles. The summed E-state index contributed by atoms with van der Waals surface area (Å²) in [5.41, 5.74) is 2.42. The smallest absolute Gasteiger partial charge is 0.410 e. The van der Waals surface area contributed by atoms with Crippen molar-refractivity contribution in [2.45, 2.75) is 19.8 Å². The van der Waals surface area contributed by atoms with E-state index in [2.05, 4.69) is 17.4 Å². The second kappa shape index (κ2) is 7.34. The van der Waals surface area contributed by atoms with Gasteiger partial charge >= 0.3 is 6.09 Å². The van der Waals surface area contributed by atoms with Gasteiger partial charge in [-0.15, -0.1) is 0 Å².